The molecule has 96 heavy (non-hydrogen) atoms. The van der Waals surface area contributed by atoms with Gasteiger partial charge in [0.2, 0.25) is 0 Å². The number of hydrogen-bond donors (Lipinski definition) is 0. The topological polar surface area (TPSA) is 77.3 Å². The zero-order valence-corrected chi connectivity index (χ0v) is 52.3. The van der Waals surface area contributed by atoms with Gasteiger partial charge in [-0.15, -0.1) is 0 Å². The van der Waals surface area contributed by atoms with Crippen molar-refractivity contribution in [3.8, 4) is 135 Å². The van der Waals surface area contributed by atoms with E-state index >= 15 is 0 Å². The second-order valence-electron chi connectivity index (χ2n) is 23.9. The fourth-order valence-electron chi connectivity index (χ4n) is 12.8. The third kappa shape index (κ3) is 12.4. The first-order chi connectivity index (χ1) is 47.5. The molecule has 0 bridgehead atoms. The SMILES string of the molecule is c1ccc(-c2cccc(-c3cc(-c4ccc(-c5cccnc5)cc4)nc(-c4cccc(-c5cc6ccccc6c6ccccc56)c4)n3)c2)cc1.c1ccc(-c2cccc(-c3cc(-c4ccc(-c5cccnc5)cc4)nc(-c4cccc(-c5ccc6ccccc6c5)c4)n3)c2)cc1. The molecule has 17 rings (SSSR count). The highest BCUT2D eigenvalue weighted by Crippen LogP contribution is 2.39. The molecule has 0 spiro atoms. The first-order valence-electron chi connectivity index (χ1n) is 32.3. The van der Waals surface area contributed by atoms with E-state index in [-0.39, 0.29) is 0 Å². The predicted octanol–water partition coefficient (Wildman–Crippen LogP) is 23.2. The van der Waals surface area contributed by atoms with Gasteiger partial charge in [-0.3, -0.25) is 9.97 Å². The Morgan fingerprint density at radius 3 is 1.03 bits per heavy atom. The zero-order valence-electron chi connectivity index (χ0n) is 52.3. The van der Waals surface area contributed by atoms with Crippen LogP contribution in [0.1, 0.15) is 0 Å². The summed E-state index contributed by atoms with van der Waals surface area (Å²) in [6.45, 7) is 0. The molecule has 6 heteroatoms. The molecule has 0 saturated heterocycles. The number of benzene rings is 13. The number of fused-ring (bicyclic) bond motifs is 4. The van der Waals surface area contributed by atoms with Crippen LogP contribution in [0.3, 0.4) is 0 Å². The molecule has 17 aromatic rings. The second-order valence-corrected chi connectivity index (χ2v) is 23.9. The van der Waals surface area contributed by atoms with Crippen LogP contribution in [0.15, 0.2) is 365 Å². The lowest BCUT2D eigenvalue weighted by Crippen LogP contribution is -1.96. The van der Waals surface area contributed by atoms with Crippen molar-refractivity contribution in [1.29, 1.82) is 0 Å². The molecule has 450 valence electrons. The third-order valence-electron chi connectivity index (χ3n) is 17.7. The monoisotopic (exact) mass is 1220 g/mol. The summed E-state index contributed by atoms with van der Waals surface area (Å²) in [7, 11) is 0. The standard InChI is InChI=1S/C47H31N3.C43H29N3/c1-2-11-32(12-3-1)35-14-8-16-38(27-35)46-30-45(34-24-22-33(23-25-34)40-18-10-26-48-31-40)49-47(50-46)39-17-9-15-36(28-39)44-29-37-13-4-5-19-41(37)42-20-6-7-21-43(42)44;1-2-9-30(10-3-1)35-13-6-15-38(26-35)42-28-41(33-21-18-32(19-22-33)40-17-8-24-44-29-40)45-43(46-42)39-16-7-14-36(27-39)37-23-20-31-11-4-5-12-34(31)25-37/h1-31H;1-29H. The smallest absolute Gasteiger partial charge is 0.160 e. The quantitative estimate of drug-likeness (QED) is 0.113. The van der Waals surface area contributed by atoms with Crippen molar-refractivity contribution < 1.29 is 0 Å². The molecule has 0 fully saturated rings. The maximum absolute atomic E-state index is 5.23. The molecular weight excluding hydrogens is 1170 g/mol. The Labute approximate surface area is 558 Å². The molecule has 0 aliphatic carbocycles. The number of nitrogens with zero attached hydrogens (tertiary/aromatic N) is 6. The summed E-state index contributed by atoms with van der Waals surface area (Å²) < 4.78 is 0. The van der Waals surface area contributed by atoms with E-state index in [0.29, 0.717) is 11.6 Å². The van der Waals surface area contributed by atoms with Crippen LogP contribution in [-0.2, 0) is 0 Å². The number of rotatable bonds is 12. The number of aromatic nitrogens is 6. The molecule has 0 radical (unpaired) electrons. The van der Waals surface area contributed by atoms with Crippen molar-refractivity contribution in [3.05, 3.63) is 365 Å². The fourth-order valence-corrected chi connectivity index (χ4v) is 12.8. The lowest BCUT2D eigenvalue weighted by Gasteiger charge is -2.13. The zero-order chi connectivity index (χ0) is 64.0. The summed E-state index contributed by atoms with van der Waals surface area (Å²) in [4.78, 5) is 29.3. The van der Waals surface area contributed by atoms with Gasteiger partial charge in [-0.25, -0.2) is 19.9 Å². The van der Waals surface area contributed by atoms with Gasteiger partial charge in [-0.05, 0) is 160 Å². The molecule has 0 amide bonds. The van der Waals surface area contributed by atoms with Gasteiger partial charge in [0.1, 0.15) is 0 Å². The minimum Gasteiger partial charge on any atom is -0.264 e. The van der Waals surface area contributed by atoms with Crippen LogP contribution in [0.2, 0.25) is 0 Å². The summed E-state index contributed by atoms with van der Waals surface area (Å²) >= 11 is 0. The van der Waals surface area contributed by atoms with Gasteiger partial charge in [0.05, 0.1) is 22.8 Å². The molecule has 0 atom stereocenters. The molecule has 4 aromatic heterocycles. The lowest BCUT2D eigenvalue weighted by molar-refractivity contribution is 1.18. The van der Waals surface area contributed by atoms with E-state index in [2.05, 4.69) is 325 Å². The second kappa shape index (κ2) is 26.4. The normalized spacial score (nSPS) is 11.1. The Kier molecular flexibility index (Phi) is 16.0. The maximum atomic E-state index is 5.23. The van der Waals surface area contributed by atoms with Crippen LogP contribution in [0.4, 0.5) is 0 Å². The Hall–Kier alpha value is -12.9. The van der Waals surface area contributed by atoms with E-state index in [4.69, 9.17) is 19.9 Å². The maximum Gasteiger partial charge on any atom is 0.160 e. The Balaban J connectivity index is 0.000000152. The highest BCUT2D eigenvalue weighted by Gasteiger charge is 2.17. The number of pyridine rings is 2. The average molecular weight is 1230 g/mol. The Bertz CT molecular complexity index is 5620. The van der Waals surface area contributed by atoms with E-state index in [1.54, 1.807) is 12.4 Å². The van der Waals surface area contributed by atoms with Crippen molar-refractivity contribution in [2.45, 2.75) is 0 Å². The van der Waals surface area contributed by atoms with Gasteiger partial charge in [-0.1, -0.05) is 279 Å². The van der Waals surface area contributed by atoms with Crippen molar-refractivity contribution in [3.63, 3.8) is 0 Å². The molecule has 0 unspecified atom stereocenters. The van der Waals surface area contributed by atoms with E-state index < -0.39 is 0 Å². The van der Waals surface area contributed by atoms with Gasteiger partial charge < -0.3 is 0 Å². The van der Waals surface area contributed by atoms with Crippen LogP contribution in [0, 0.1) is 0 Å². The molecule has 4 heterocycles. The van der Waals surface area contributed by atoms with Gasteiger partial charge >= 0.3 is 0 Å². The van der Waals surface area contributed by atoms with Crippen molar-refractivity contribution >= 4 is 32.3 Å². The molecular formula is C90H60N6. The van der Waals surface area contributed by atoms with Crippen LogP contribution >= 0.6 is 0 Å². The summed E-state index contributed by atoms with van der Waals surface area (Å²) in [5.74, 6) is 1.38. The van der Waals surface area contributed by atoms with E-state index in [1.165, 1.54) is 54.6 Å². The molecule has 0 aliphatic heterocycles. The van der Waals surface area contributed by atoms with Crippen LogP contribution < -0.4 is 0 Å². The largest absolute Gasteiger partial charge is 0.264 e. The summed E-state index contributed by atoms with van der Waals surface area (Å²) in [6.07, 6.45) is 7.37. The van der Waals surface area contributed by atoms with Crippen molar-refractivity contribution in [2.24, 2.45) is 0 Å². The summed E-state index contributed by atoms with van der Waals surface area (Å²) in [6, 6.07) is 119. The van der Waals surface area contributed by atoms with Gasteiger partial charge in [-0.2, -0.15) is 0 Å². The molecule has 0 N–H and O–H groups in total. The average Bonchev–Trinajstić information content (AvgIpc) is 0.800. The van der Waals surface area contributed by atoms with Crippen molar-refractivity contribution in [1.82, 2.24) is 29.9 Å². The van der Waals surface area contributed by atoms with Gasteiger partial charge in [0, 0.05) is 58.2 Å². The third-order valence-corrected chi connectivity index (χ3v) is 17.7. The molecule has 0 aliphatic rings. The highest BCUT2D eigenvalue weighted by molar-refractivity contribution is 6.14. The first-order valence-corrected chi connectivity index (χ1v) is 32.3. The lowest BCUT2D eigenvalue weighted by atomic mass is 9.92. The van der Waals surface area contributed by atoms with E-state index in [9.17, 15) is 0 Å². The molecule has 0 saturated carbocycles. The molecule has 13 aromatic carbocycles. The van der Waals surface area contributed by atoms with Gasteiger partial charge in [0.25, 0.3) is 0 Å². The first kappa shape index (κ1) is 58.2. The van der Waals surface area contributed by atoms with Crippen LogP contribution in [-0.4, -0.2) is 29.9 Å². The van der Waals surface area contributed by atoms with E-state index in [0.717, 1.165) is 101 Å². The number of hydrogen-bond acceptors (Lipinski definition) is 6. The fraction of sp³-hybridized carbons (Fsp3) is 0. The van der Waals surface area contributed by atoms with Crippen LogP contribution in [0.25, 0.3) is 167 Å². The highest BCUT2D eigenvalue weighted by atomic mass is 14.9. The van der Waals surface area contributed by atoms with Crippen LogP contribution in [0.5, 0.6) is 0 Å². The Morgan fingerprint density at radius 2 is 0.510 bits per heavy atom. The van der Waals surface area contributed by atoms with E-state index in [1.807, 2.05) is 36.7 Å². The summed E-state index contributed by atoms with van der Waals surface area (Å²) in [5.41, 5.74) is 23.2. The van der Waals surface area contributed by atoms with Gasteiger partial charge in [0.15, 0.2) is 11.6 Å². The predicted molar refractivity (Wildman–Crippen MR) is 397 cm³/mol. The molecule has 6 nitrogen and oxygen atoms in total. The Morgan fingerprint density at radius 1 is 0.167 bits per heavy atom. The van der Waals surface area contributed by atoms with Crippen molar-refractivity contribution in [2.75, 3.05) is 0 Å². The minimum atomic E-state index is 0.686. The summed E-state index contributed by atoms with van der Waals surface area (Å²) in [5, 5.41) is 7.41. The minimum absolute atomic E-state index is 0.686.